The molecule has 0 saturated heterocycles. The largest absolute Gasteiger partial charge is 0.478 e. The molecule has 88 valence electrons. The van der Waals surface area contributed by atoms with Gasteiger partial charge in [0.25, 0.3) is 0 Å². The molecule has 1 aromatic heterocycles. The fraction of sp³-hybridized carbons (Fsp3) is 0. The number of carboxylic acid groups (broad SMARTS) is 1. The van der Waals surface area contributed by atoms with E-state index in [1.165, 1.54) is 16.7 Å². The molecule has 0 spiro atoms. The Morgan fingerprint density at radius 1 is 1.06 bits per heavy atom. The molecule has 2 nitrogen and oxygen atoms in total. The molecule has 3 aromatic rings. The number of hydrogen-bond acceptors (Lipinski definition) is 2. The van der Waals surface area contributed by atoms with Gasteiger partial charge in [0.15, 0.2) is 0 Å². The predicted octanol–water partition coefficient (Wildman–Crippen LogP) is 4.27. The molecule has 0 aliphatic carbocycles. The minimum absolute atomic E-state index is 0.350. The van der Waals surface area contributed by atoms with E-state index in [0.29, 0.717) is 5.56 Å². The maximum Gasteiger partial charge on any atom is 0.336 e. The van der Waals surface area contributed by atoms with Crippen LogP contribution in [0, 0.1) is 0 Å². The van der Waals surface area contributed by atoms with Gasteiger partial charge < -0.3 is 5.11 Å². The van der Waals surface area contributed by atoms with Crippen molar-refractivity contribution in [2.45, 2.75) is 0 Å². The van der Waals surface area contributed by atoms with Crippen molar-refractivity contribution in [3.05, 3.63) is 59.5 Å². The van der Waals surface area contributed by atoms with Gasteiger partial charge in [0.2, 0.25) is 0 Å². The van der Waals surface area contributed by atoms with E-state index < -0.39 is 5.97 Å². The third kappa shape index (κ3) is 1.79. The summed E-state index contributed by atoms with van der Waals surface area (Å²) in [5.74, 6) is -0.877. The van der Waals surface area contributed by atoms with Crippen LogP contribution in [0.1, 0.15) is 10.4 Å². The quantitative estimate of drug-likeness (QED) is 0.741. The highest BCUT2D eigenvalue weighted by atomic mass is 32.1. The fourth-order valence-electron chi connectivity index (χ4n) is 2.03. The van der Waals surface area contributed by atoms with Gasteiger partial charge in [0.1, 0.15) is 0 Å². The summed E-state index contributed by atoms with van der Waals surface area (Å²) in [7, 11) is 0. The smallest absolute Gasteiger partial charge is 0.336 e. The van der Waals surface area contributed by atoms with Gasteiger partial charge in [-0.25, -0.2) is 4.79 Å². The molecule has 0 atom stereocenters. The fourth-order valence-corrected chi connectivity index (χ4v) is 2.95. The molecule has 18 heavy (non-hydrogen) atoms. The molecule has 0 aliphatic rings. The van der Waals surface area contributed by atoms with Crippen molar-refractivity contribution in [1.82, 2.24) is 0 Å². The second-order valence-electron chi connectivity index (χ2n) is 4.03. The first-order valence-electron chi connectivity index (χ1n) is 5.55. The van der Waals surface area contributed by atoms with E-state index >= 15 is 0 Å². The Morgan fingerprint density at radius 3 is 2.61 bits per heavy atom. The molecule has 0 saturated carbocycles. The van der Waals surface area contributed by atoms with Gasteiger partial charge in [-0.3, -0.25) is 0 Å². The summed E-state index contributed by atoms with van der Waals surface area (Å²) < 4.78 is 0. The summed E-state index contributed by atoms with van der Waals surface area (Å²) in [6.07, 6.45) is 0. The molecule has 0 fully saturated rings. The minimum Gasteiger partial charge on any atom is -0.478 e. The number of carboxylic acids is 1. The van der Waals surface area contributed by atoms with Gasteiger partial charge in [0, 0.05) is 10.3 Å². The van der Waals surface area contributed by atoms with Crippen molar-refractivity contribution in [1.29, 1.82) is 0 Å². The maximum atomic E-state index is 10.9. The zero-order valence-corrected chi connectivity index (χ0v) is 10.3. The third-order valence-electron chi connectivity index (χ3n) is 2.90. The van der Waals surface area contributed by atoms with E-state index in [1.807, 2.05) is 24.3 Å². The molecule has 3 heteroatoms. The molecule has 0 bridgehead atoms. The number of thiophene rings is 1. The van der Waals surface area contributed by atoms with Gasteiger partial charge in [-0.1, -0.05) is 42.5 Å². The Labute approximate surface area is 108 Å². The number of benzene rings is 2. The Balaban J connectivity index is 2.21. The Morgan fingerprint density at radius 2 is 1.83 bits per heavy atom. The van der Waals surface area contributed by atoms with Crippen LogP contribution in [0.5, 0.6) is 0 Å². The summed E-state index contributed by atoms with van der Waals surface area (Å²) >= 11 is 1.46. The van der Waals surface area contributed by atoms with Gasteiger partial charge in [0.05, 0.1) is 5.56 Å². The van der Waals surface area contributed by atoms with Crippen molar-refractivity contribution in [2.75, 3.05) is 0 Å². The normalized spacial score (nSPS) is 10.7. The molecule has 2 aromatic carbocycles. The molecule has 0 aliphatic heterocycles. The standard InChI is InChI=1S/C15H10O2S/c16-15(17)11-8-14(18-9-11)13-7-3-5-10-4-1-2-6-12(10)13/h1-9H,(H,16,17). The van der Waals surface area contributed by atoms with Crippen LogP contribution in [-0.2, 0) is 0 Å². The van der Waals surface area contributed by atoms with Crippen molar-refractivity contribution in [3.8, 4) is 10.4 Å². The van der Waals surface area contributed by atoms with E-state index in [4.69, 9.17) is 5.11 Å². The Bertz CT molecular complexity index is 723. The molecule has 3 rings (SSSR count). The molecule has 0 unspecified atom stereocenters. The van der Waals surface area contributed by atoms with Crippen LogP contribution >= 0.6 is 11.3 Å². The number of hydrogen-bond donors (Lipinski definition) is 1. The lowest BCUT2D eigenvalue weighted by Crippen LogP contribution is -1.91. The van der Waals surface area contributed by atoms with Crippen LogP contribution < -0.4 is 0 Å². The molecule has 1 heterocycles. The molecule has 1 N–H and O–H groups in total. The van der Waals surface area contributed by atoms with E-state index in [1.54, 1.807) is 11.4 Å². The first kappa shape index (κ1) is 11.0. The second kappa shape index (κ2) is 4.27. The SMILES string of the molecule is O=C(O)c1csc(-c2cccc3ccccc23)c1. The number of rotatable bonds is 2. The lowest BCUT2D eigenvalue weighted by atomic mass is 10.0. The molecular weight excluding hydrogens is 244 g/mol. The zero-order chi connectivity index (χ0) is 12.5. The minimum atomic E-state index is -0.877. The average Bonchev–Trinajstić information content (AvgIpc) is 2.87. The monoisotopic (exact) mass is 254 g/mol. The molecule has 0 amide bonds. The van der Waals surface area contributed by atoms with Gasteiger partial charge >= 0.3 is 5.97 Å². The highest BCUT2D eigenvalue weighted by Crippen LogP contribution is 2.33. The van der Waals surface area contributed by atoms with E-state index in [2.05, 4.69) is 18.2 Å². The highest BCUT2D eigenvalue weighted by molar-refractivity contribution is 7.14. The van der Waals surface area contributed by atoms with Gasteiger partial charge in [-0.15, -0.1) is 11.3 Å². The van der Waals surface area contributed by atoms with Crippen LogP contribution in [0.4, 0.5) is 0 Å². The van der Waals surface area contributed by atoms with Crippen LogP contribution in [0.25, 0.3) is 21.2 Å². The predicted molar refractivity (Wildman–Crippen MR) is 74.2 cm³/mol. The number of carbonyl (C=O) groups is 1. The summed E-state index contributed by atoms with van der Waals surface area (Å²) in [5, 5.41) is 13.0. The van der Waals surface area contributed by atoms with Crippen LogP contribution in [0.2, 0.25) is 0 Å². The summed E-state index contributed by atoms with van der Waals surface area (Å²) in [4.78, 5) is 11.9. The van der Waals surface area contributed by atoms with E-state index in [0.717, 1.165) is 15.8 Å². The van der Waals surface area contributed by atoms with Gasteiger partial charge in [-0.05, 0) is 22.4 Å². The van der Waals surface area contributed by atoms with Crippen molar-refractivity contribution in [2.24, 2.45) is 0 Å². The summed E-state index contributed by atoms with van der Waals surface area (Å²) in [6, 6.07) is 15.9. The van der Waals surface area contributed by atoms with E-state index in [-0.39, 0.29) is 0 Å². The van der Waals surface area contributed by atoms with Crippen molar-refractivity contribution in [3.63, 3.8) is 0 Å². The first-order valence-corrected chi connectivity index (χ1v) is 6.43. The maximum absolute atomic E-state index is 10.9. The third-order valence-corrected chi connectivity index (χ3v) is 3.86. The van der Waals surface area contributed by atoms with Crippen LogP contribution in [0.3, 0.4) is 0 Å². The van der Waals surface area contributed by atoms with Crippen molar-refractivity contribution >= 4 is 28.1 Å². The summed E-state index contributed by atoms with van der Waals surface area (Å²) in [6.45, 7) is 0. The zero-order valence-electron chi connectivity index (χ0n) is 9.46. The molecular formula is C15H10O2S. The summed E-state index contributed by atoms with van der Waals surface area (Å²) in [5.41, 5.74) is 1.44. The topological polar surface area (TPSA) is 37.3 Å². The lowest BCUT2D eigenvalue weighted by molar-refractivity contribution is 0.0697. The molecule has 0 radical (unpaired) electrons. The lowest BCUT2D eigenvalue weighted by Gasteiger charge is -2.03. The highest BCUT2D eigenvalue weighted by Gasteiger charge is 2.09. The Hall–Kier alpha value is -2.13. The van der Waals surface area contributed by atoms with Gasteiger partial charge in [-0.2, -0.15) is 0 Å². The Kier molecular flexibility index (Phi) is 2.61. The van der Waals surface area contributed by atoms with Crippen molar-refractivity contribution < 1.29 is 9.90 Å². The average molecular weight is 254 g/mol. The van der Waals surface area contributed by atoms with Crippen LogP contribution in [-0.4, -0.2) is 11.1 Å². The number of fused-ring (bicyclic) bond motifs is 1. The number of aromatic carboxylic acids is 1. The second-order valence-corrected chi connectivity index (χ2v) is 4.94. The van der Waals surface area contributed by atoms with Crippen LogP contribution in [0.15, 0.2) is 53.9 Å². The van der Waals surface area contributed by atoms with E-state index in [9.17, 15) is 4.79 Å². The first-order chi connectivity index (χ1) is 8.75.